The molecule has 5 rings (SSSR count). The molecule has 174 valence electrons. The van der Waals surface area contributed by atoms with Crippen molar-refractivity contribution in [2.45, 2.75) is 64.7 Å². The van der Waals surface area contributed by atoms with Crippen molar-refractivity contribution in [2.75, 3.05) is 0 Å². The molecule has 1 aromatic carbocycles. The molecule has 5 nitrogen and oxygen atoms in total. The number of nitrogens with zero attached hydrogens (tertiary/aromatic N) is 2. The highest BCUT2D eigenvalue weighted by Crippen LogP contribution is 2.37. The number of amides is 2. The molecule has 0 bridgehead atoms. The first-order valence-corrected chi connectivity index (χ1v) is 13.0. The average molecular weight is 484 g/mol. The van der Waals surface area contributed by atoms with Gasteiger partial charge in [-0.25, -0.2) is 0 Å². The van der Waals surface area contributed by atoms with Gasteiger partial charge in [0.2, 0.25) is 5.91 Å². The van der Waals surface area contributed by atoms with Crippen molar-refractivity contribution in [2.24, 2.45) is 11.8 Å². The van der Waals surface area contributed by atoms with Crippen LogP contribution in [0.25, 0.3) is 10.2 Å². The molecule has 2 aromatic heterocycles. The van der Waals surface area contributed by atoms with Crippen molar-refractivity contribution in [3.63, 3.8) is 0 Å². The Morgan fingerprint density at radius 2 is 2.03 bits per heavy atom. The summed E-state index contributed by atoms with van der Waals surface area (Å²) in [4.78, 5) is 29.5. The van der Waals surface area contributed by atoms with Crippen LogP contribution in [0.15, 0.2) is 41.8 Å². The van der Waals surface area contributed by atoms with Crippen molar-refractivity contribution < 1.29 is 9.59 Å². The van der Waals surface area contributed by atoms with Gasteiger partial charge in [0.05, 0.1) is 16.8 Å². The number of benzene rings is 1. The lowest BCUT2D eigenvalue weighted by Gasteiger charge is -2.45. The van der Waals surface area contributed by atoms with E-state index < -0.39 is 5.54 Å². The van der Waals surface area contributed by atoms with E-state index in [9.17, 15) is 9.59 Å². The second-order valence-electron chi connectivity index (χ2n) is 9.89. The van der Waals surface area contributed by atoms with E-state index in [4.69, 9.17) is 11.6 Å². The molecule has 0 saturated heterocycles. The lowest BCUT2D eigenvalue weighted by molar-refractivity contribution is -0.134. The number of carbonyl (C=O) groups excluding carboxylic acids is 2. The molecule has 1 aliphatic heterocycles. The number of aromatic nitrogens is 1. The lowest BCUT2D eigenvalue weighted by atomic mass is 9.77. The average Bonchev–Trinajstić information content (AvgIpc) is 3.38. The quantitative estimate of drug-likeness (QED) is 0.516. The first kappa shape index (κ1) is 22.5. The summed E-state index contributed by atoms with van der Waals surface area (Å²) in [7, 11) is 0. The van der Waals surface area contributed by atoms with Gasteiger partial charge in [-0.05, 0) is 54.3 Å². The van der Waals surface area contributed by atoms with Crippen molar-refractivity contribution >= 4 is 45.0 Å². The maximum Gasteiger partial charge on any atom is 0.271 e. The number of fused-ring (bicyclic) bond motifs is 3. The van der Waals surface area contributed by atoms with E-state index in [1.807, 2.05) is 53.3 Å². The van der Waals surface area contributed by atoms with Gasteiger partial charge in [0.1, 0.15) is 11.2 Å². The molecule has 2 aliphatic rings. The van der Waals surface area contributed by atoms with Gasteiger partial charge in [-0.2, -0.15) is 0 Å². The summed E-state index contributed by atoms with van der Waals surface area (Å²) in [6, 6.07) is 11.6. The van der Waals surface area contributed by atoms with Gasteiger partial charge >= 0.3 is 0 Å². The van der Waals surface area contributed by atoms with Gasteiger partial charge in [0.15, 0.2) is 0 Å². The van der Waals surface area contributed by atoms with E-state index in [0.29, 0.717) is 29.1 Å². The summed E-state index contributed by atoms with van der Waals surface area (Å²) >= 11 is 8.07. The van der Waals surface area contributed by atoms with Gasteiger partial charge < -0.3 is 14.8 Å². The Bertz CT molecular complexity index is 1220. The SMILES string of the molecule is C[C@@H]1[C@H](C)CCC[C@@H]1NC(=O)[C@@]1(C)Cn2c(cc3sccc32)C(=O)N1Cc1ccccc1Cl. The van der Waals surface area contributed by atoms with Crippen LogP contribution in [0.3, 0.4) is 0 Å². The van der Waals surface area contributed by atoms with E-state index in [1.165, 1.54) is 6.42 Å². The number of hydrogen-bond donors (Lipinski definition) is 1. The molecule has 2 amide bonds. The minimum Gasteiger partial charge on any atom is -0.351 e. The Hall–Kier alpha value is -2.31. The molecule has 0 spiro atoms. The first-order valence-electron chi connectivity index (χ1n) is 11.7. The van der Waals surface area contributed by atoms with Gasteiger partial charge in [-0.3, -0.25) is 9.59 Å². The fourth-order valence-electron chi connectivity index (χ4n) is 5.43. The van der Waals surface area contributed by atoms with Crippen LogP contribution in [0.4, 0.5) is 0 Å². The van der Waals surface area contributed by atoms with Crippen molar-refractivity contribution in [1.29, 1.82) is 0 Å². The minimum atomic E-state index is -1.03. The summed E-state index contributed by atoms with van der Waals surface area (Å²) in [5.74, 6) is 0.766. The normalized spacial score (nSPS) is 27.6. The number of carbonyl (C=O) groups is 2. The van der Waals surface area contributed by atoms with Crippen LogP contribution < -0.4 is 5.32 Å². The number of thiophene rings is 1. The van der Waals surface area contributed by atoms with Crippen molar-refractivity contribution in [3.8, 4) is 0 Å². The zero-order valence-electron chi connectivity index (χ0n) is 19.3. The smallest absolute Gasteiger partial charge is 0.271 e. The number of rotatable bonds is 4. The lowest BCUT2D eigenvalue weighted by Crippen LogP contribution is -2.65. The van der Waals surface area contributed by atoms with Gasteiger partial charge in [-0.1, -0.05) is 56.5 Å². The van der Waals surface area contributed by atoms with Crippen LogP contribution in [0.5, 0.6) is 0 Å². The molecule has 1 fully saturated rings. The molecule has 7 heteroatoms. The second kappa shape index (κ2) is 8.48. The van der Waals surface area contributed by atoms with Crippen LogP contribution in [-0.2, 0) is 17.9 Å². The van der Waals surface area contributed by atoms with E-state index in [2.05, 4.69) is 19.2 Å². The third-order valence-corrected chi connectivity index (χ3v) is 9.07. The summed E-state index contributed by atoms with van der Waals surface area (Å²) in [6.45, 7) is 7.09. The predicted octanol–water partition coefficient (Wildman–Crippen LogP) is 5.71. The van der Waals surface area contributed by atoms with Gasteiger partial charge in [0.25, 0.3) is 5.91 Å². The molecule has 1 saturated carbocycles. The standard InChI is InChI=1S/C26H30ClN3O2S/c1-16-7-6-10-20(17(16)2)28-25(32)26(3)15-29-21-11-12-33-23(21)13-22(29)24(31)30(26)14-18-8-4-5-9-19(18)27/h4-5,8-9,11-13,16-17,20H,6-7,10,14-15H2,1-3H3,(H,28,32)/t16-,17-,20+,26-/m1/s1. The third kappa shape index (κ3) is 3.77. The maximum atomic E-state index is 13.9. The third-order valence-electron chi connectivity index (χ3n) is 7.85. The predicted molar refractivity (Wildman–Crippen MR) is 134 cm³/mol. The van der Waals surface area contributed by atoms with Crippen LogP contribution >= 0.6 is 22.9 Å². The summed E-state index contributed by atoms with van der Waals surface area (Å²) in [5.41, 5.74) is 1.46. The van der Waals surface area contributed by atoms with Gasteiger partial charge in [-0.15, -0.1) is 11.3 Å². The van der Waals surface area contributed by atoms with Gasteiger partial charge in [0, 0.05) is 17.6 Å². The largest absolute Gasteiger partial charge is 0.351 e. The van der Waals surface area contributed by atoms with Crippen LogP contribution in [0, 0.1) is 11.8 Å². The Balaban J connectivity index is 1.54. The zero-order chi connectivity index (χ0) is 23.3. The zero-order valence-corrected chi connectivity index (χ0v) is 20.9. The number of halogens is 1. The summed E-state index contributed by atoms with van der Waals surface area (Å²) < 4.78 is 3.08. The monoisotopic (exact) mass is 483 g/mol. The fraction of sp³-hybridized carbons (Fsp3) is 0.462. The van der Waals surface area contributed by atoms with Crippen LogP contribution in [0.2, 0.25) is 5.02 Å². The molecular formula is C26H30ClN3O2S. The second-order valence-corrected chi connectivity index (χ2v) is 11.2. The van der Waals surface area contributed by atoms with E-state index in [1.54, 1.807) is 16.2 Å². The van der Waals surface area contributed by atoms with E-state index in [0.717, 1.165) is 28.6 Å². The first-order chi connectivity index (χ1) is 15.8. The Labute approximate surface area is 203 Å². The number of nitrogens with one attached hydrogen (secondary N) is 1. The van der Waals surface area contributed by atoms with E-state index >= 15 is 0 Å². The summed E-state index contributed by atoms with van der Waals surface area (Å²) in [5, 5.41) is 5.98. The molecule has 0 radical (unpaired) electrons. The topological polar surface area (TPSA) is 54.3 Å². The van der Waals surface area contributed by atoms with Crippen molar-refractivity contribution in [3.05, 3.63) is 58.1 Å². The number of hydrogen-bond acceptors (Lipinski definition) is 3. The van der Waals surface area contributed by atoms with Crippen LogP contribution in [-0.4, -0.2) is 32.9 Å². The Kier molecular flexibility index (Phi) is 5.78. The fourth-order valence-corrected chi connectivity index (χ4v) is 6.45. The molecule has 33 heavy (non-hydrogen) atoms. The Morgan fingerprint density at radius 1 is 1.24 bits per heavy atom. The molecule has 3 heterocycles. The Morgan fingerprint density at radius 3 is 2.82 bits per heavy atom. The van der Waals surface area contributed by atoms with Crippen LogP contribution in [0.1, 0.15) is 56.1 Å². The minimum absolute atomic E-state index is 0.0865. The van der Waals surface area contributed by atoms with E-state index in [-0.39, 0.29) is 24.4 Å². The molecule has 0 unspecified atom stereocenters. The molecule has 4 atom stereocenters. The highest BCUT2D eigenvalue weighted by molar-refractivity contribution is 7.17. The highest BCUT2D eigenvalue weighted by Gasteiger charge is 2.48. The molecular weight excluding hydrogens is 454 g/mol. The molecule has 1 N–H and O–H groups in total. The molecule has 1 aliphatic carbocycles. The maximum absolute atomic E-state index is 13.9. The van der Waals surface area contributed by atoms with Crippen molar-refractivity contribution in [1.82, 2.24) is 14.8 Å². The highest BCUT2D eigenvalue weighted by atomic mass is 35.5. The summed E-state index contributed by atoms with van der Waals surface area (Å²) in [6.07, 6.45) is 3.30. The molecule has 3 aromatic rings.